The molecule has 2 aliphatic heterocycles. The molecule has 0 saturated heterocycles. The van der Waals surface area contributed by atoms with Crippen LogP contribution in [0.4, 0.5) is 0 Å². The van der Waals surface area contributed by atoms with E-state index in [0.717, 1.165) is 0 Å². The number of carbonyl (C=O) groups is 2. The van der Waals surface area contributed by atoms with E-state index in [-0.39, 0.29) is 5.91 Å². The Kier molecular flexibility index (Phi) is 3.06. The molecule has 1 unspecified atom stereocenters. The van der Waals surface area contributed by atoms with E-state index >= 15 is 0 Å². The molecular formula is C14H13NO5. The number of carbonyl (C=O) groups excluding carboxylic acids is 1. The zero-order chi connectivity index (χ0) is 14.1. The van der Waals surface area contributed by atoms with Gasteiger partial charge in [0.1, 0.15) is 19.3 Å². The lowest BCUT2D eigenvalue weighted by Crippen LogP contribution is -2.40. The lowest BCUT2D eigenvalue weighted by atomic mass is 10.1. The van der Waals surface area contributed by atoms with Gasteiger partial charge in [0.2, 0.25) is 0 Å². The van der Waals surface area contributed by atoms with Crippen molar-refractivity contribution in [2.24, 2.45) is 0 Å². The lowest BCUT2D eigenvalue weighted by molar-refractivity contribution is -0.140. The fraction of sp³-hybridized carbons (Fsp3) is 0.286. The van der Waals surface area contributed by atoms with Gasteiger partial charge in [-0.1, -0.05) is 12.2 Å². The number of carboxylic acids is 1. The molecule has 0 saturated carbocycles. The molecule has 1 N–H and O–H groups in total. The summed E-state index contributed by atoms with van der Waals surface area (Å²) in [5.41, 5.74) is 0.393. The number of aliphatic carboxylic acids is 1. The van der Waals surface area contributed by atoms with Crippen LogP contribution in [0.1, 0.15) is 10.4 Å². The van der Waals surface area contributed by atoms with Crippen molar-refractivity contribution < 1.29 is 24.2 Å². The van der Waals surface area contributed by atoms with Crippen LogP contribution in [0.5, 0.6) is 11.5 Å². The Hall–Kier alpha value is -2.50. The maximum absolute atomic E-state index is 12.4. The fourth-order valence-corrected chi connectivity index (χ4v) is 2.29. The monoisotopic (exact) mass is 275 g/mol. The Morgan fingerprint density at radius 2 is 1.95 bits per heavy atom. The van der Waals surface area contributed by atoms with E-state index in [2.05, 4.69) is 0 Å². The van der Waals surface area contributed by atoms with Crippen molar-refractivity contribution in [1.29, 1.82) is 0 Å². The van der Waals surface area contributed by atoms with Crippen molar-refractivity contribution in [2.45, 2.75) is 6.04 Å². The fourth-order valence-electron chi connectivity index (χ4n) is 2.29. The number of nitrogens with zero attached hydrogens (tertiary/aromatic N) is 1. The van der Waals surface area contributed by atoms with Crippen molar-refractivity contribution in [1.82, 2.24) is 4.90 Å². The quantitative estimate of drug-likeness (QED) is 0.812. The van der Waals surface area contributed by atoms with Crippen LogP contribution in [-0.4, -0.2) is 47.7 Å². The van der Waals surface area contributed by atoms with Crippen LogP contribution < -0.4 is 9.47 Å². The van der Waals surface area contributed by atoms with Gasteiger partial charge in [-0.2, -0.15) is 0 Å². The van der Waals surface area contributed by atoms with Gasteiger partial charge in [-0.15, -0.1) is 0 Å². The number of hydrogen-bond donors (Lipinski definition) is 1. The zero-order valence-electron chi connectivity index (χ0n) is 10.6. The third-order valence-electron chi connectivity index (χ3n) is 3.26. The summed E-state index contributed by atoms with van der Waals surface area (Å²) in [5.74, 6) is -0.257. The van der Waals surface area contributed by atoms with Crippen LogP contribution in [0.25, 0.3) is 0 Å². The van der Waals surface area contributed by atoms with Crippen molar-refractivity contribution in [3.63, 3.8) is 0 Å². The minimum Gasteiger partial charge on any atom is -0.486 e. The number of hydrogen-bond acceptors (Lipinski definition) is 4. The largest absolute Gasteiger partial charge is 0.486 e. The summed E-state index contributed by atoms with van der Waals surface area (Å²) in [6.45, 7) is 1.22. The van der Waals surface area contributed by atoms with Crippen LogP contribution >= 0.6 is 0 Å². The van der Waals surface area contributed by atoms with Gasteiger partial charge in [-0.25, -0.2) is 4.79 Å². The van der Waals surface area contributed by atoms with Crippen LogP contribution in [0.3, 0.4) is 0 Å². The minimum atomic E-state index is -1.04. The first-order chi connectivity index (χ1) is 9.66. The number of benzene rings is 1. The summed E-state index contributed by atoms with van der Waals surface area (Å²) in [6.07, 6.45) is 3.19. The molecule has 1 atom stereocenters. The molecule has 104 valence electrons. The summed E-state index contributed by atoms with van der Waals surface area (Å²) >= 11 is 0. The van der Waals surface area contributed by atoms with E-state index in [9.17, 15) is 9.59 Å². The summed E-state index contributed by atoms with van der Waals surface area (Å²) < 4.78 is 10.8. The second-order valence-electron chi connectivity index (χ2n) is 4.53. The Labute approximate surface area is 115 Å². The van der Waals surface area contributed by atoms with Crippen molar-refractivity contribution in [2.75, 3.05) is 19.8 Å². The average Bonchev–Trinajstić information content (AvgIpc) is 2.95. The highest BCUT2D eigenvalue weighted by Crippen LogP contribution is 2.31. The molecule has 2 aliphatic rings. The summed E-state index contributed by atoms with van der Waals surface area (Å²) in [7, 11) is 0. The minimum absolute atomic E-state index is 0.296. The highest BCUT2D eigenvalue weighted by molar-refractivity contribution is 5.98. The van der Waals surface area contributed by atoms with Crippen LogP contribution in [0.2, 0.25) is 0 Å². The smallest absolute Gasteiger partial charge is 0.330 e. The first-order valence-corrected chi connectivity index (χ1v) is 6.27. The maximum Gasteiger partial charge on any atom is 0.330 e. The molecule has 1 aromatic carbocycles. The molecule has 20 heavy (non-hydrogen) atoms. The predicted octanol–water partition coefficient (Wildman–Crippen LogP) is 0.923. The van der Waals surface area contributed by atoms with Crippen LogP contribution in [0, 0.1) is 0 Å². The normalized spacial score (nSPS) is 20.0. The molecule has 6 nitrogen and oxygen atoms in total. The van der Waals surface area contributed by atoms with Crippen molar-refractivity contribution in [3.05, 3.63) is 35.9 Å². The van der Waals surface area contributed by atoms with E-state index in [4.69, 9.17) is 14.6 Å². The van der Waals surface area contributed by atoms with Gasteiger partial charge in [0.25, 0.3) is 5.91 Å². The molecule has 1 amide bonds. The molecule has 0 bridgehead atoms. The molecule has 0 radical (unpaired) electrons. The SMILES string of the molecule is O=C(O)C1C=CCN1C(=O)c1ccc2c(c1)OCCO2. The number of carboxylic acid groups (broad SMARTS) is 1. The second-order valence-corrected chi connectivity index (χ2v) is 4.53. The molecular weight excluding hydrogens is 262 g/mol. The molecule has 6 heteroatoms. The van der Waals surface area contributed by atoms with Crippen molar-refractivity contribution >= 4 is 11.9 Å². The highest BCUT2D eigenvalue weighted by atomic mass is 16.6. The van der Waals surface area contributed by atoms with E-state index in [1.807, 2.05) is 0 Å². The molecule has 3 rings (SSSR count). The molecule has 0 spiro atoms. The number of amides is 1. The van der Waals surface area contributed by atoms with E-state index in [1.54, 1.807) is 24.3 Å². The summed E-state index contributed by atoms with van der Waals surface area (Å²) in [4.78, 5) is 24.8. The Morgan fingerprint density at radius 3 is 2.70 bits per heavy atom. The molecule has 0 fully saturated rings. The first kappa shape index (κ1) is 12.5. The van der Waals surface area contributed by atoms with Gasteiger partial charge in [0.15, 0.2) is 11.5 Å². The van der Waals surface area contributed by atoms with Crippen LogP contribution in [0.15, 0.2) is 30.4 Å². The van der Waals surface area contributed by atoms with Gasteiger partial charge >= 0.3 is 5.97 Å². The standard InChI is InChI=1S/C14H13NO5/c16-13(15-5-1-2-10(15)14(17)18)9-3-4-11-12(8-9)20-7-6-19-11/h1-4,8,10H,5-7H2,(H,17,18). The van der Waals surface area contributed by atoms with E-state index in [1.165, 1.54) is 11.0 Å². The van der Waals surface area contributed by atoms with Gasteiger partial charge in [-0.3, -0.25) is 4.79 Å². The number of rotatable bonds is 2. The van der Waals surface area contributed by atoms with Gasteiger partial charge in [0.05, 0.1) is 0 Å². The lowest BCUT2D eigenvalue weighted by Gasteiger charge is -2.23. The van der Waals surface area contributed by atoms with Gasteiger partial charge < -0.3 is 19.5 Å². The second kappa shape index (κ2) is 4.88. The highest BCUT2D eigenvalue weighted by Gasteiger charge is 2.31. The average molecular weight is 275 g/mol. The third-order valence-corrected chi connectivity index (χ3v) is 3.26. The Bertz CT molecular complexity index is 595. The molecule has 0 aliphatic carbocycles. The number of ether oxygens (including phenoxy) is 2. The van der Waals surface area contributed by atoms with E-state index < -0.39 is 12.0 Å². The molecule has 2 heterocycles. The maximum atomic E-state index is 12.4. The Morgan fingerprint density at radius 1 is 1.20 bits per heavy atom. The molecule has 1 aromatic rings. The zero-order valence-corrected chi connectivity index (χ0v) is 10.6. The number of fused-ring (bicyclic) bond motifs is 1. The van der Waals surface area contributed by atoms with Crippen LogP contribution in [-0.2, 0) is 4.79 Å². The first-order valence-electron chi connectivity index (χ1n) is 6.27. The Balaban J connectivity index is 1.86. The molecule has 0 aromatic heterocycles. The summed E-state index contributed by atoms with van der Waals surface area (Å²) in [6, 6.07) is 3.97. The third kappa shape index (κ3) is 2.09. The summed E-state index contributed by atoms with van der Waals surface area (Å²) in [5, 5.41) is 9.08. The van der Waals surface area contributed by atoms with Gasteiger partial charge in [-0.05, 0) is 18.2 Å². The van der Waals surface area contributed by atoms with Crippen molar-refractivity contribution in [3.8, 4) is 11.5 Å². The van der Waals surface area contributed by atoms with E-state index in [0.29, 0.717) is 36.8 Å². The topological polar surface area (TPSA) is 76.1 Å². The predicted molar refractivity (Wildman–Crippen MR) is 69.0 cm³/mol. The van der Waals surface area contributed by atoms with Gasteiger partial charge in [0, 0.05) is 12.1 Å².